The van der Waals surface area contributed by atoms with Crippen molar-refractivity contribution in [3.8, 4) is 0 Å². The number of halogens is 6. The Labute approximate surface area is 181 Å². The molecule has 158 valence electrons. The van der Waals surface area contributed by atoms with Crippen LogP contribution in [0.3, 0.4) is 0 Å². The van der Waals surface area contributed by atoms with E-state index in [1.54, 1.807) is 0 Å². The van der Waals surface area contributed by atoms with Crippen LogP contribution in [-0.4, -0.2) is 42.5 Å². The molecule has 0 saturated carbocycles. The van der Waals surface area contributed by atoms with Crippen molar-refractivity contribution in [3.05, 3.63) is 41.5 Å². The molecule has 3 N–H and O–H groups in total. The summed E-state index contributed by atoms with van der Waals surface area (Å²) >= 11 is -5.46. The Morgan fingerprint density at radius 1 is 0.667 bits per heavy atom. The van der Waals surface area contributed by atoms with Crippen molar-refractivity contribution in [1.82, 2.24) is 0 Å². The predicted molar refractivity (Wildman–Crippen MR) is 99.3 cm³/mol. The Morgan fingerprint density at radius 2 is 0.852 bits per heavy atom. The maximum atomic E-state index is 12.1. The summed E-state index contributed by atoms with van der Waals surface area (Å²) < 4.78 is 72.3. The molecule has 3 nitrogen and oxygen atoms in total. The fourth-order valence-corrected chi connectivity index (χ4v) is 4.78. The van der Waals surface area contributed by atoms with E-state index in [4.69, 9.17) is 17.2 Å². The number of rotatable bonds is 1. The van der Waals surface area contributed by atoms with Gasteiger partial charge in [0.2, 0.25) is 0 Å². The number of nitrogens with one attached hydrogen (secondary N) is 3. The number of hydrogen-bond acceptors (Lipinski definition) is 0. The molecule has 27 heavy (non-hydrogen) atoms. The Hall–Kier alpha value is 0.223. The fraction of sp³-hybridized carbons (Fsp3) is 0.688. The van der Waals surface area contributed by atoms with Crippen molar-refractivity contribution >= 4 is 18.7 Å². The van der Waals surface area contributed by atoms with Crippen molar-refractivity contribution in [1.29, 1.82) is 0 Å². The van der Waals surface area contributed by atoms with Crippen LogP contribution in [-0.2, 0) is 25.8 Å². The molecule has 0 saturated heterocycles. The molecule has 0 spiro atoms. The summed E-state index contributed by atoms with van der Waals surface area (Å²) in [5, 5.41) is -10.2. The maximum absolute atomic E-state index is 12.1. The van der Waals surface area contributed by atoms with Gasteiger partial charge in [0.05, 0.1) is 0 Å². The summed E-state index contributed by atoms with van der Waals surface area (Å²) in [5.41, 5.74) is 19.8. The van der Waals surface area contributed by atoms with Gasteiger partial charge in [0.25, 0.3) is 0 Å². The van der Waals surface area contributed by atoms with Crippen LogP contribution in [0.5, 0.6) is 0 Å². The molecule has 1 aromatic carbocycles. The molecule has 1 rings (SSSR count). The fourth-order valence-electron chi connectivity index (χ4n) is 1.14. The van der Waals surface area contributed by atoms with E-state index in [2.05, 4.69) is 0 Å². The average molecular weight is 629 g/mol. The second kappa shape index (κ2) is 17.1. The van der Waals surface area contributed by atoms with Gasteiger partial charge in [0.15, 0.2) is 0 Å². The van der Waals surface area contributed by atoms with E-state index < -0.39 is 28.8 Å². The van der Waals surface area contributed by atoms with Gasteiger partial charge in [0.1, 0.15) is 0 Å². The quantitative estimate of drug-likeness (QED) is 0.197. The molecule has 11 heteroatoms. The van der Waals surface area contributed by atoms with Crippen LogP contribution in [0, 0.1) is 0 Å². The molecule has 0 aliphatic carbocycles. The molecule has 0 atom stereocenters. The van der Waals surface area contributed by atoms with Gasteiger partial charge in [-0.05, 0) is 0 Å². The second-order valence-corrected chi connectivity index (χ2v) is 12.2. The van der Waals surface area contributed by atoms with E-state index in [0.717, 1.165) is 12.1 Å². The van der Waals surface area contributed by atoms with Crippen LogP contribution < -0.4 is 4.40 Å². The van der Waals surface area contributed by atoms with Crippen molar-refractivity contribution in [2.75, 3.05) is 0 Å². The maximum Gasteiger partial charge on any atom is 4.00 e. The molecule has 1 aromatic rings. The molecule has 0 fully saturated rings. The van der Waals surface area contributed by atoms with Gasteiger partial charge in [-0.3, -0.25) is 0 Å². The standard InChI is InChI=1S/C7H5F6Ge.3C3H8N.Hf/c8-6(9,10)14(7(11,12)13)5-3-1-2-4-5;3*1-3(2)4;/h1-4,14H;3*3-4H,1-2H3;/q4*-1;+4. The molecule has 0 aliphatic heterocycles. The monoisotopic (exact) mass is 631 g/mol. The summed E-state index contributed by atoms with van der Waals surface area (Å²) in [6.45, 7) is 11.0. The van der Waals surface area contributed by atoms with Crippen molar-refractivity contribution < 1.29 is 52.2 Å². The Balaban J connectivity index is -0.000000169. The van der Waals surface area contributed by atoms with Crippen LogP contribution in [0.4, 0.5) is 26.3 Å². The van der Waals surface area contributed by atoms with Crippen LogP contribution in [0.15, 0.2) is 24.3 Å². The first-order chi connectivity index (χ1) is 11.4. The topological polar surface area (TPSA) is 71.4 Å². The number of alkyl halides is 6. The summed E-state index contributed by atoms with van der Waals surface area (Å²) in [7, 11) is 0. The summed E-state index contributed by atoms with van der Waals surface area (Å²) in [6.07, 6.45) is 0. The third-order valence-electron chi connectivity index (χ3n) is 1.68. The third kappa shape index (κ3) is 28.5. The van der Waals surface area contributed by atoms with E-state index in [-0.39, 0.29) is 44.0 Å². The molecule has 0 heterocycles. The number of hydrogen-bond donors (Lipinski definition) is 0. The van der Waals surface area contributed by atoms with Gasteiger partial charge in [-0.25, -0.2) is 0 Å². The van der Waals surface area contributed by atoms with Crippen LogP contribution >= 0.6 is 0 Å². The molecule has 0 bridgehead atoms. The van der Waals surface area contributed by atoms with Crippen LogP contribution in [0.2, 0.25) is 0 Å². The van der Waals surface area contributed by atoms with Crippen LogP contribution in [0.25, 0.3) is 17.2 Å². The summed E-state index contributed by atoms with van der Waals surface area (Å²) in [4.78, 5) is 0. The smallest absolute Gasteiger partial charge is 4.00 e. The first kappa shape index (κ1) is 34.7. The van der Waals surface area contributed by atoms with Crippen molar-refractivity contribution in [3.63, 3.8) is 0 Å². The van der Waals surface area contributed by atoms with Gasteiger partial charge in [0, 0.05) is 0 Å². The predicted octanol–water partition coefficient (Wildman–Crippen LogP) is 6.38. The zero-order valence-electron chi connectivity index (χ0n) is 16.4. The van der Waals surface area contributed by atoms with Gasteiger partial charge >= 0.3 is 105 Å². The SMILES string of the molecule is CC(C)[NH-].CC(C)[NH-].CC(C)[NH-].F[C](F)(F)[GeH]([c-]1cccc1)[C](F)(F)F.[Hf+4]. The van der Waals surface area contributed by atoms with E-state index in [1.807, 2.05) is 41.5 Å². The van der Waals surface area contributed by atoms with Gasteiger partial charge < -0.3 is 17.2 Å². The minimum absolute atomic E-state index is 0. The van der Waals surface area contributed by atoms with Crippen molar-refractivity contribution in [2.45, 2.75) is 69.7 Å². The zero-order valence-corrected chi connectivity index (χ0v) is 22.4. The Morgan fingerprint density at radius 3 is 1.00 bits per heavy atom. The van der Waals surface area contributed by atoms with E-state index >= 15 is 0 Å². The minimum Gasteiger partial charge on any atom is 4.00 e. The largest absolute Gasteiger partial charge is 4.00 e. The first-order valence-corrected chi connectivity index (χ1v) is 11.5. The van der Waals surface area contributed by atoms with E-state index in [0.29, 0.717) is 0 Å². The first-order valence-electron chi connectivity index (χ1n) is 7.91. The van der Waals surface area contributed by atoms with Crippen molar-refractivity contribution in [2.24, 2.45) is 0 Å². The summed E-state index contributed by atoms with van der Waals surface area (Å²) in [6, 6.07) is 4.41. The molecule has 0 unspecified atom stereocenters. The Bertz CT molecular complexity index is 384. The zero-order chi connectivity index (χ0) is 21.7. The summed E-state index contributed by atoms with van der Waals surface area (Å²) in [5.74, 6) is 0. The molecule has 0 aromatic heterocycles. The molecule has 0 aliphatic rings. The third-order valence-corrected chi connectivity index (χ3v) is 6.63. The van der Waals surface area contributed by atoms with E-state index in [1.165, 1.54) is 12.1 Å². The second-order valence-electron chi connectivity index (χ2n) is 6.20. The van der Waals surface area contributed by atoms with Gasteiger partial charge in [-0.1, -0.05) is 41.5 Å². The van der Waals surface area contributed by atoms with Crippen LogP contribution in [0.1, 0.15) is 41.5 Å². The normalized spacial score (nSPS) is 11.1. The van der Waals surface area contributed by atoms with Gasteiger partial charge in [-0.2, -0.15) is 0 Å². The average Bonchev–Trinajstić information content (AvgIpc) is 2.74. The van der Waals surface area contributed by atoms with E-state index in [9.17, 15) is 26.3 Å². The minimum atomic E-state index is -5.46. The molecular formula is C16H29F6GeHfN3. The molecule has 0 amide bonds. The molecular weight excluding hydrogens is 599 g/mol. The molecule has 0 radical (unpaired) electrons. The van der Waals surface area contributed by atoms with Gasteiger partial charge in [-0.15, -0.1) is 18.1 Å². The Kier molecular flexibility index (Phi) is 22.0.